The van der Waals surface area contributed by atoms with Crippen molar-refractivity contribution < 1.29 is 17.5 Å². The molecule has 0 saturated carbocycles. The maximum Gasteiger partial charge on any atom is 0.241 e. The molecule has 0 radical (unpaired) electrons. The zero-order valence-electron chi connectivity index (χ0n) is 11.5. The number of thiophene rings is 1. The quantitative estimate of drug-likeness (QED) is 0.826. The number of benzene rings is 1. The smallest absolute Gasteiger partial charge is 0.241 e. The molecular formula is C13H15FN2O3S2. The average molecular weight is 330 g/mol. The van der Waals surface area contributed by atoms with Crippen LogP contribution in [-0.4, -0.2) is 15.5 Å². The van der Waals surface area contributed by atoms with E-state index in [-0.39, 0.29) is 16.3 Å². The van der Waals surface area contributed by atoms with Gasteiger partial charge in [-0.3, -0.25) is 0 Å². The van der Waals surface area contributed by atoms with E-state index in [2.05, 4.69) is 4.72 Å². The summed E-state index contributed by atoms with van der Waals surface area (Å²) < 4.78 is 45.6. The minimum absolute atomic E-state index is 0.0679. The first-order valence-electron chi connectivity index (χ1n) is 6.04. The summed E-state index contributed by atoms with van der Waals surface area (Å²) >= 11 is 1.43. The summed E-state index contributed by atoms with van der Waals surface area (Å²) in [4.78, 5) is 0.627. The van der Waals surface area contributed by atoms with E-state index >= 15 is 0 Å². The van der Waals surface area contributed by atoms with Crippen molar-refractivity contribution in [2.75, 3.05) is 12.8 Å². The van der Waals surface area contributed by atoms with E-state index in [9.17, 15) is 12.8 Å². The van der Waals surface area contributed by atoms with Crippen molar-refractivity contribution in [1.29, 1.82) is 0 Å². The predicted octanol–water partition coefficient (Wildman–Crippen LogP) is 2.52. The van der Waals surface area contributed by atoms with Crippen LogP contribution in [0.1, 0.15) is 17.8 Å². The van der Waals surface area contributed by atoms with Gasteiger partial charge in [-0.2, -0.15) is 0 Å². The van der Waals surface area contributed by atoms with Crippen LogP contribution in [0.15, 0.2) is 34.5 Å². The number of methoxy groups -OCH3 is 1. The van der Waals surface area contributed by atoms with Crippen molar-refractivity contribution in [2.24, 2.45) is 0 Å². The minimum atomic E-state index is -3.87. The Morgan fingerprint density at radius 1 is 1.43 bits per heavy atom. The monoisotopic (exact) mass is 330 g/mol. The first-order valence-corrected chi connectivity index (χ1v) is 8.40. The number of anilines is 1. The van der Waals surface area contributed by atoms with Crippen LogP contribution in [0, 0.1) is 5.82 Å². The van der Waals surface area contributed by atoms with E-state index in [4.69, 9.17) is 10.5 Å². The molecule has 0 aliphatic rings. The number of hydrogen-bond acceptors (Lipinski definition) is 5. The first-order chi connectivity index (χ1) is 9.85. The second-order valence-electron chi connectivity index (χ2n) is 4.39. The van der Waals surface area contributed by atoms with Gasteiger partial charge in [-0.25, -0.2) is 17.5 Å². The van der Waals surface area contributed by atoms with E-state index in [1.165, 1.54) is 24.5 Å². The van der Waals surface area contributed by atoms with E-state index in [0.29, 0.717) is 0 Å². The number of rotatable bonds is 5. The van der Waals surface area contributed by atoms with Crippen LogP contribution in [0.2, 0.25) is 0 Å². The van der Waals surface area contributed by atoms with Gasteiger partial charge in [0.1, 0.15) is 0 Å². The standard InChI is InChI=1S/C13H15FN2O3S2/c1-8(12-4-3-5-20-12)16-21(17,18)9-6-10(14)13(19-2)11(15)7-9/h3-8,16H,15H2,1-2H3. The molecule has 1 aromatic carbocycles. The highest BCUT2D eigenvalue weighted by Gasteiger charge is 2.22. The Morgan fingerprint density at radius 3 is 2.67 bits per heavy atom. The average Bonchev–Trinajstić information content (AvgIpc) is 2.91. The fraction of sp³-hybridized carbons (Fsp3) is 0.231. The summed E-state index contributed by atoms with van der Waals surface area (Å²) in [5, 5.41) is 1.85. The van der Waals surface area contributed by atoms with Gasteiger partial charge in [-0.15, -0.1) is 11.3 Å². The molecule has 5 nitrogen and oxygen atoms in total. The predicted molar refractivity (Wildman–Crippen MR) is 80.4 cm³/mol. The first kappa shape index (κ1) is 15.7. The van der Waals surface area contributed by atoms with Crippen LogP contribution in [-0.2, 0) is 10.0 Å². The minimum Gasteiger partial charge on any atom is -0.492 e. The Kier molecular flexibility index (Phi) is 4.50. The molecule has 0 fully saturated rings. The van der Waals surface area contributed by atoms with Crippen LogP contribution in [0.25, 0.3) is 0 Å². The van der Waals surface area contributed by atoms with Crippen LogP contribution >= 0.6 is 11.3 Å². The van der Waals surface area contributed by atoms with Crippen LogP contribution in [0.4, 0.5) is 10.1 Å². The third-order valence-electron chi connectivity index (χ3n) is 2.86. The molecule has 2 aromatic rings. The fourth-order valence-electron chi connectivity index (χ4n) is 1.86. The summed E-state index contributed by atoms with van der Waals surface area (Å²) in [5.74, 6) is -0.984. The Labute approximate surface area is 126 Å². The Morgan fingerprint density at radius 2 is 2.14 bits per heavy atom. The van der Waals surface area contributed by atoms with Gasteiger partial charge in [-0.05, 0) is 30.5 Å². The lowest BCUT2D eigenvalue weighted by molar-refractivity contribution is 0.388. The number of sulfonamides is 1. The topological polar surface area (TPSA) is 81.4 Å². The molecule has 1 aromatic heterocycles. The van der Waals surface area contributed by atoms with Crippen LogP contribution in [0.3, 0.4) is 0 Å². The van der Waals surface area contributed by atoms with Crippen molar-refractivity contribution in [3.8, 4) is 5.75 Å². The second-order valence-corrected chi connectivity index (χ2v) is 7.08. The van der Waals surface area contributed by atoms with Crippen LogP contribution in [0.5, 0.6) is 5.75 Å². The largest absolute Gasteiger partial charge is 0.492 e. The second kappa shape index (κ2) is 6.00. The van der Waals surface area contributed by atoms with Crippen molar-refractivity contribution in [3.63, 3.8) is 0 Å². The van der Waals surface area contributed by atoms with Crippen molar-refractivity contribution in [1.82, 2.24) is 4.72 Å². The molecule has 0 saturated heterocycles. The molecule has 8 heteroatoms. The lowest BCUT2D eigenvalue weighted by atomic mass is 10.3. The summed E-state index contributed by atoms with van der Waals surface area (Å²) in [7, 11) is -2.61. The Balaban J connectivity index is 2.32. The molecule has 0 amide bonds. The van der Waals surface area contributed by atoms with Gasteiger partial charge in [0, 0.05) is 4.88 Å². The molecule has 0 aliphatic carbocycles. The molecule has 1 atom stereocenters. The van der Waals surface area contributed by atoms with E-state index in [1.54, 1.807) is 6.92 Å². The molecule has 2 rings (SSSR count). The summed E-state index contributed by atoms with van der Waals surface area (Å²) in [5.41, 5.74) is 5.53. The number of ether oxygens (including phenoxy) is 1. The SMILES string of the molecule is COc1c(N)cc(S(=O)(=O)NC(C)c2cccs2)cc1F. The number of nitrogens with two attached hydrogens (primary N) is 1. The Hall–Kier alpha value is -1.64. The maximum absolute atomic E-state index is 13.8. The van der Waals surface area contributed by atoms with E-state index in [0.717, 1.165) is 10.9 Å². The summed E-state index contributed by atoms with van der Waals surface area (Å²) in [6.45, 7) is 1.71. The third kappa shape index (κ3) is 3.34. The van der Waals surface area contributed by atoms with Gasteiger partial charge in [0.2, 0.25) is 10.0 Å². The highest BCUT2D eigenvalue weighted by atomic mass is 32.2. The molecule has 0 bridgehead atoms. The molecule has 0 aliphatic heterocycles. The fourth-order valence-corrected chi connectivity index (χ4v) is 3.93. The lowest BCUT2D eigenvalue weighted by Crippen LogP contribution is -2.26. The van der Waals surface area contributed by atoms with Crippen molar-refractivity contribution in [3.05, 3.63) is 40.3 Å². The Bertz CT molecular complexity index is 707. The number of hydrogen-bond donors (Lipinski definition) is 2. The number of halogens is 1. The van der Waals surface area contributed by atoms with Crippen molar-refractivity contribution >= 4 is 27.0 Å². The zero-order chi connectivity index (χ0) is 15.6. The number of nitrogen functional groups attached to an aromatic ring is 1. The van der Waals surface area contributed by atoms with E-state index < -0.39 is 21.9 Å². The van der Waals surface area contributed by atoms with Gasteiger partial charge in [0.15, 0.2) is 11.6 Å². The molecule has 0 spiro atoms. The molecule has 1 heterocycles. The molecule has 114 valence electrons. The maximum atomic E-state index is 13.8. The highest BCUT2D eigenvalue weighted by Crippen LogP contribution is 2.29. The summed E-state index contributed by atoms with van der Waals surface area (Å²) in [6, 6.07) is 5.29. The van der Waals surface area contributed by atoms with Gasteiger partial charge in [0.25, 0.3) is 0 Å². The zero-order valence-corrected chi connectivity index (χ0v) is 13.1. The summed E-state index contributed by atoms with van der Waals surface area (Å²) in [6.07, 6.45) is 0. The molecular weight excluding hydrogens is 315 g/mol. The normalized spacial score (nSPS) is 13.1. The number of nitrogens with one attached hydrogen (secondary N) is 1. The van der Waals surface area contributed by atoms with Crippen molar-refractivity contribution in [2.45, 2.75) is 17.9 Å². The van der Waals surface area contributed by atoms with E-state index in [1.807, 2.05) is 17.5 Å². The third-order valence-corrected chi connectivity index (χ3v) is 5.44. The molecule has 1 unspecified atom stereocenters. The highest BCUT2D eigenvalue weighted by molar-refractivity contribution is 7.89. The van der Waals surface area contributed by atoms with Gasteiger partial charge in [-0.1, -0.05) is 6.07 Å². The van der Waals surface area contributed by atoms with Gasteiger partial charge in [0.05, 0.1) is 23.7 Å². The molecule has 21 heavy (non-hydrogen) atoms. The lowest BCUT2D eigenvalue weighted by Gasteiger charge is -2.14. The van der Waals surface area contributed by atoms with Gasteiger partial charge < -0.3 is 10.5 Å². The molecule has 3 N–H and O–H groups in total. The van der Waals surface area contributed by atoms with Crippen LogP contribution < -0.4 is 15.2 Å². The van der Waals surface area contributed by atoms with Gasteiger partial charge >= 0.3 is 0 Å².